The van der Waals surface area contributed by atoms with E-state index < -0.39 is 0 Å². The number of ether oxygens (including phenoxy) is 1. The van der Waals surface area contributed by atoms with Crippen LogP contribution in [0.1, 0.15) is 63.2 Å². The van der Waals surface area contributed by atoms with Gasteiger partial charge < -0.3 is 15.0 Å². The van der Waals surface area contributed by atoms with Crippen LogP contribution in [0.25, 0.3) is 0 Å². The minimum atomic E-state index is 0.0701. The molecule has 3 rings (SSSR count). The van der Waals surface area contributed by atoms with Crippen molar-refractivity contribution in [1.29, 1.82) is 0 Å². The van der Waals surface area contributed by atoms with E-state index in [1.54, 1.807) is 0 Å². The van der Waals surface area contributed by atoms with Gasteiger partial charge in [0, 0.05) is 24.8 Å². The maximum atomic E-state index is 6.48. The molecule has 1 aromatic rings. The molecule has 0 bridgehead atoms. The monoisotopic (exact) mass is 277 g/mol. The van der Waals surface area contributed by atoms with Crippen molar-refractivity contribution in [2.45, 2.75) is 57.5 Å². The molecule has 2 fully saturated rings. The lowest BCUT2D eigenvalue weighted by Gasteiger charge is -2.24. The second-order valence-electron chi connectivity index (χ2n) is 6.64. The number of nitrogens with zero attached hydrogens (tertiary/aromatic N) is 2. The van der Waals surface area contributed by atoms with Crippen molar-refractivity contribution in [3.05, 3.63) is 18.2 Å². The maximum absolute atomic E-state index is 6.48. The van der Waals surface area contributed by atoms with Gasteiger partial charge in [-0.3, -0.25) is 0 Å². The van der Waals surface area contributed by atoms with Crippen LogP contribution in [0.5, 0.6) is 0 Å². The average Bonchev–Trinajstić information content (AvgIpc) is 3.09. The summed E-state index contributed by atoms with van der Waals surface area (Å²) in [6.45, 7) is 4.03. The quantitative estimate of drug-likeness (QED) is 0.864. The van der Waals surface area contributed by atoms with Gasteiger partial charge in [0.15, 0.2) is 0 Å². The Morgan fingerprint density at radius 1 is 1.30 bits per heavy atom. The zero-order valence-electron chi connectivity index (χ0n) is 12.5. The zero-order valence-corrected chi connectivity index (χ0v) is 12.5. The fraction of sp³-hybridized carbons (Fsp3) is 0.812. The van der Waals surface area contributed by atoms with Crippen LogP contribution in [0.4, 0.5) is 0 Å². The van der Waals surface area contributed by atoms with E-state index in [9.17, 15) is 0 Å². The molecule has 2 aliphatic rings. The predicted octanol–water partition coefficient (Wildman–Crippen LogP) is 3.06. The first-order chi connectivity index (χ1) is 9.75. The normalized spacial score (nSPS) is 33.0. The molecule has 1 aliphatic heterocycles. The molecular weight excluding hydrogens is 250 g/mol. The summed E-state index contributed by atoms with van der Waals surface area (Å²) in [5, 5.41) is 0. The molecule has 0 aromatic carbocycles. The van der Waals surface area contributed by atoms with Crippen LogP contribution in [-0.4, -0.2) is 22.8 Å². The van der Waals surface area contributed by atoms with E-state index in [0.717, 1.165) is 25.6 Å². The van der Waals surface area contributed by atoms with Gasteiger partial charge in [-0.2, -0.15) is 0 Å². The summed E-state index contributed by atoms with van der Waals surface area (Å²) in [6, 6.07) is 0.659. The third-order valence-corrected chi connectivity index (χ3v) is 5.13. The number of hydrogen-bond acceptors (Lipinski definition) is 3. The van der Waals surface area contributed by atoms with E-state index in [2.05, 4.69) is 16.5 Å². The zero-order chi connectivity index (χ0) is 13.9. The van der Waals surface area contributed by atoms with Crippen molar-refractivity contribution in [1.82, 2.24) is 9.55 Å². The molecule has 0 spiro atoms. The molecule has 1 aromatic heterocycles. The first-order valence-corrected chi connectivity index (χ1v) is 8.10. The van der Waals surface area contributed by atoms with Crippen LogP contribution in [-0.2, 0) is 4.74 Å². The molecule has 4 atom stereocenters. The highest BCUT2D eigenvalue weighted by Crippen LogP contribution is 2.34. The maximum Gasteiger partial charge on any atom is 0.0951 e. The van der Waals surface area contributed by atoms with E-state index in [4.69, 9.17) is 10.5 Å². The van der Waals surface area contributed by atoms with E-state index in [0.29, 0.717) is 12.0 Å². The van der Waals surface area contributed by atoms with Crippen LogP contribution in [0.3, 0.4) is 0 Å². The average molecular weight is 277 g/mol. The van der Waals surface area contributed by atoms with Crippen LogP contribution >= 0.6 is 0 Å². The summed E-state index contributed by atoms with van der Waals surface area (Å²) in [5.74, 6) is 1.32. The van der Waals surface area contributed by atoms with Gasteiger partial charge in [0.1, 0.15) is 0 Å². The highest BCUT2D eigenvalue weighted by molar-refractivity contribution is 5.08. The lowest BCUT2D eigenvalue weighted by atomic mass is 9.96. The SMILES string of the molecule is CC1CCCC(n2cncc2C(N)C2CCOC2)CC1. The Kier molecular flexibility index (Phi) is 4.41. The van der Waals surface area contributed by atoms with Crippen LogP contribution < -0.4 is 5.73 Å². The van der Waals surface area contributed by atoms with Gasteiger partial charge in [-0.1, -0.05) is 19.8 Å². The Hall–Kier alpha value is -0.870. The Morgan fingerprint density at radius 3 is 3.00 bits per heavy atom. The fourth-order valence-corrected chi connectivity index (χ4v) is 3.70. The third kappa shape index (κ3) is 2.91. The van der Waals surface area contributed by atoms with Gasteiger partial charge in [-0.15, -0.1) is 0 Å². The summed E-state index contributed by atoms with van der Waals surface area (Å²) in [5.41, 5.74) is 7.69. The highest BCUT2D eigenvalue weighted by atomic mass is 16.5. The fourth-order valence-electron chi connectivity index (χ4n) is 3.70. The molecule has 2 N–H and O–H groups in total. The van der Waals surface area contributed by atoms with Crippen molar-refractivity contribution >= 4 is 0 Å². The van der Waals surface area contributed by atoms with Crippen LogP contribution in [0.15, 0.2) is 12.5 Å². The topological polar surface area (TPSA) is 53.1 Å². The van der Waals surface area contributed by atoms with Gasteiger partial charge in [0.2, 0.25) is 0 Å². The van der Waals surface area contributed by atoms with Crippen LogP contribution in [0.2, 0.25) is 0 Å². The summed E-state index contributed by atoms with van der Waals surface area (Å²) in [7, 11) is 0. The Labute approximate surface area is 121 Å². The second-order valence-corrected chi connectivity index (χ2v) is 6.64. The molecule has 1 saturated heterocycles. The van der Waals surface area contributed by atoms with Crippen molar-refractivity contribution < 1.29 is 4.74 Å². The summed E-state index contributed by atoms with van der Waals surface area (Å²) < 4.78 is 7.85. The van der Waals surface area contributed by atoms with Gasteiger partial charge in [0.05, 0.1) is 24.7 Å². The van der Waals surface area contributed by atoms with E-state index >= 15 is 0 Å². The number of rotatable bonds is 3. The van der Waals surface area contributed by atoms with Crippen molar-refractivity contribution in [2.75, 3.05) is 13.2 Å². The van der Waals surface area contributed by atoms with Crippen molar-refractivity contribution in [3.8, 4) is 0 Å². The molecule has 20 heavy (non-hydrogen) atoms. The minimum absolute atomic E-state index is 0.0701. The molecule has 1 aliphatic carbocycles. The molecule has 0 radical (unpaired) electrons. The van der Waals surface area contributed by atoms with Crippen molar-refractivity contribution in [3.63, 3.8) is 0 Å². The number of aromatic nitrogens is 2. The van der Waals surface area contributed by atoms with Crippen LogP contribution in [0, 0.1) is 11.8 Å². The van der Waals surface area contributed by atoms with E-state index in [1.165, 1.54) is 37.8 Å². The molecular formula is C16H27N3O. The van der Waals surface area contributed by atoms with E-state index in [1.807, 2.05) is 12.5 Å². The first kappa shape index (κ1) is 14.1. The number of hydrogen-bond donors (Lipinski definition) is 1. The van der Waals surface area contributed by atoms with Gasteiger partial charge in [0.25, 0.3) is 0 Å². The Morgan fingerprint density at radius 2 is 2.20 bits per heavy atom. The molecule has 4 nitrogen and oxygen atoms in total. The second kappa shape index (κ2) is 6.27. The predicted molar refractivity (Wildman–Crippen MR) is 79.4 cm³/mol. The summed E-state index contributed by atoms with van der Waals surface area (Å²) in [6.07, 6.45) is 11.6. The molecule has 4 unspecified atom stereocenters. The minimum Gasteiger partial charge on any atom is -0.381 e. The largest absolute Gasteiger partial charge is 0.381 e. The lowest BCUT2D eigenvalue weighted by Crippen LogP contribution is -2.25. The summed E-state index contributed by atoms with van der Waals surface area (Å²) in [4.78, 5) is 4.38. The first-order valence-electron chi connectivity index (χ1n) is 8.10. The van der Waals surface area contributed by atoms with Gasteiger partial charge >= 0.3 is 0 Å². The summed E-state index contributed by atoms with van der Waals surface area (Å²) >= 11 is 0. The molecule has 0 amide bonds. The van der Waals surface area contributed by atoms with E-state index in [-0.39, 0.29) is 6.04 Å². The van der Waals surface area contributed by atoms with Gasteiger partial charge in [-0.05, 0) is 31.6 Å². The number of imidazole rings is 1. The standard InChI is InChI=1S/C16H27N3O/c1-12-3-2-4-14(6-5-12)19-11-18-9-15(19)16(17)13-7-8-20-10-13/h9,11-14,16H,2-8,10,17H2,1H3. The van der Waals surface area contributed by atoms with Crippen molar-refractivity contribution in [2.24, 2.45) is 17.6 Å². The smallest absolute Gasteiger partial charge is 0.0951 e. The number of nitrogens with two attached hydrogens (primary N) is 1. The van der Waals surface area contributed by atoms with Gasteiger partial charge in [-0.25, -0.2) is 4.98 Å². The molecule has 4 heteroatoms. The molecule has 112 valence electrons. The lowest BCUT2D eigenvalue weighted by molar-refractivity contribution is 0.180. The Balaban J connectivity index is 1.75. The molecule has 2 heterocycles. The Bertz CT molecular complexity index is 425. The molecule has 1 saturated carbocycles. The third-order valence-electron chi connectivity index (χ3n) is 5.13. The highest BCUT2D eigenvalue weighted by Gasteiger charge is 2.28.